The van der Waals surface area contributed by atoms with Crippen molar-refractivity contribution in [3.63, 3.8) is 0 Å². The summed E-state index contributed by atoms with van der Waals surface area (Å²) >= 11 is 0. The molecule has 0 aliphatic carbocycles. The fourth-order valence-electron chi connectivity index (χ4n) is 0.606. The van der Waals surface area contributed by atoms with Crippen LogP contribution in [0.5, 0.6) is 0 Å². The Labute approximate surface area is 71.7 Å². The lowest BCUT2D eigenvalue weighted by atomic mass is 10.0. The van der Waals surface area contributed by atoms with E-state index in [-0.39, 0.29) is 0 Å². The number of terminal acetylenes is 1. The maximum Gasteiger partial charge on any atom is -0.00297 e. The highest BCUT2D eigenvalue weighted by molar-refractivity contribution is 4.99. The van der Waals surface area contributed by atoms with Gasteiger partial charge in [0.1, 0.15) is 0 Å². The first-order valence-corrected chi connectivity index (χ1v) is 4.14. The highest BCUT2D eigenvalue weighted by Gasteiger charge is 1.96. The lowest BCUT2D eigenvalue weighted by Gasteiger charge is -2.06. The predicted octanol–water partition coefficient (Wildman–Crippen LogP) is 3.64. The molecule has 0 aliphatic rings. The van der Waals surface area contributed by atoms with Crippen LogP contribution in [0.1, 0.15) is 41.0 Å². The minimum atomic E-state index is 0.778. The maximum absolute atomic E-state index is 4.60. The van der Waals surface area contributed by atoms with Crippen LogP contribution in [0.3, 0.4) is 0 Å². The molecule has 0 amide bonds. The topological polar surface area (TPSA) is 0 Å². The zero-order valence-corrected chi connectivity index (χ0v) is 8.44. The average molecular weight is 152 g/mol. The van der Waals surface area contributed by atoms with Gasteiger partial charge in [-0.3, -0.25) is 0 Å². The molecule has 0 spiro atoms. The summed E-state index contributed by atoms with van der Waals surface area (Å²) in [5.41, 5.74) is 1.51. The quantitative estimate of drug-likeness (QED) is 0.418. The van der Waals surface area contributed by atoms with Crippen molar-refractivity contribution < 1.29 is 0 Å². The molecule has 1 atom stereocenters. The number of hydrogen-bond donors (Lipinski definition) is 0. The molecule has 0 unspecified atom stereocenters. The van der Waals surface area contributed by atoms with Crippen LogP contribution in [0.25, 0.3) is 0 Å². The van der Waals surface area contributed by atoms with E-state index in [9.17, 15) is 0 Å². The van der Waals surface area contributed by atoms with Gasteiger partial charge in [0.2, 0.25) is 0 Å². The van der Waals surface area contributed by atoms with Crippen LogP contribution < -0.4 is 0 Å². The van der Waals surface area contributed by atoms with Gasteiger partial charge in [0.15, 0.2) is 0 Å². The third-order valence-electron chi connectivity index (χ3n) is 1.85. The van der Waals surface area contributed by atoms with Gasteiger partial charge >= 0.3 is 0 Å². The first-order chi connectivity index (χ1) is 5.13. The second kappa shape index (κ2) is 9.30. The van der Waals surface area contributed by atoms with Crippen LogP contribution in [-0.2, 0) is 0 Å². The predicted molar refractivity (Wildman–Crippen MR) is 53.4 cm³/mol. The molecule has 0 heterocycles. The summed E-state index contributed by atoms with van der Waals surface area (Å²) in [6.07, 6.45) is 8.05. The fourth-order valence-corrected chi connectivity index (χ4v) is 0.606. The monoisotopic (exact) mass is 152 g/mol. The van der Waals surface area contributed by atoms with E-state index in [0.29, 0.717) is 0 Å². The Kier molecular flexibility index (Phi) is 10.9. The van der Waals surface area contributed by atoms with E-state index in [2.05, 4.69) is 46.1 Å². The van der Waals surface area contributed by atoms with Crippen LogP contribution >= 0.6 is 0 Å². The zero-order valence-electron chi connectivity index (χ0n) is 8.44. The van der Waals surface area contributed by atoms with Gasteiger partial charge in [-0.2, -0.15) is 0 Å². The summed E-state index contributed by atoms with van der Waals surface area (Å²) in [5, 5.41) is 0. The minimum absolute atomic E-state index is 0.778. The average Bonchev–Trinajstić information content (AvgIpc) is 2.03. The second-order valence-corrected chi connectivity index (χ2v) is 2.63. The van der Waals surface area contributed by atoms with Crippen molar-refractivity contribution in [2.45, 2.75) is 41.0 Å². The zero-order chi connectivity index (χ0) is 9.28. The molecule has 0 aromatic heterocycles. The smallest absolute Gasteiger partial charge is 0.00297 e. The minimum Gasteiger partial charge on any atom is -0.120 e. The largest absolute Gasteiger partial charge is 0.120 e. The number of hydrogen-bond acceptors (Lipinski definition) is 0. The molecule has 0 N–H and O–H groups in total. The van der Waals surface area contributed by atoms with Crippen molar-refractivity contribution in [3.8, 4) is 12.3 Å². The lowest BCUT2D eigenvalue weighted by molar-refractivity contribution is 0.654. The van der Waals surface area contributed by atoms with Crippen molar-refractivity contribution in [1.82, 2.24) is 0 Å². The normalized spacial score (nSPS) is 12.5. The van der Waals surface area contributed by atoms with Crippen molar-refractivity contribution >= 4 is 0 Å². The van der Waals surface area contributed by atoms with Crippen LogP contribution in [0.2, 0.25) is 0 Å². The molecular weight excluding hydrogens is 132 g/mol. The Morgan fingerprint density at radius 1 is 1.64 bits per heavy atom. The summed E-state index contributed by atoms with van der Waals surface area (Å²) in [6, 6.07) is 0. The van der Waals surface area contributed by atoms with Gasteiger partial charge in [-0.05, 0) is 33.1 Å². The third-order valence-corrected chi connectivity index (χ3v) is 1.85. The van der Waals surface area contributed by atoms with Gasteiger partial charge in [-0.25, -0.2) is 0 Å². The molecule has 0 rings (SSSR count). The van der Waals surface area contributed by atoms with Gasteiger partial charge in [-0.15, -0.1) is 12.3 Å². The Hall–Kier alpha value is -0.700. The Morgan fingerprint density at radius 3 is 2.09 bits per heavy atom. The van der Waals surface area contributed by atoms with Gasteiger partial charge in [0, 0.05) is 0 Å². The molecule has 0 saturated carbocycles. The second-order valence-electron chi connectivity index (χ2n) is 2.63. The van der Waals surface area contributed by atoms with Gasteiger partial charge in [-0.1, -0.05) is 25.5 Å². The third kappa shape index (κ3) is 9.30. The molecule has 0 saturated heterocycles. The number of allylic oxidation sites excluding steroid dienone is 2. The molecule has 0 aromatic rings. The summed E-state index contributed by atoms with van der Waals surface area (Å²) in [6.45, 7) is 10.4. The standard InChI is InChI=1S/C8H16.C3H4/c1-5-7(3)8(4)6-2;1-3-2/h5,8H,6H2,1-4H3;1H,2H3/b7-5-;/t8-;/m1./s1. The van der Waals surface area contributed by atoms with Crippen LogP contribution in [0.15, 0.2) is 11.6 Å². The van der Waals surface area contributed by atoms with E-state index in [1.807, 2.05) is 0 Å². The van der Waals surface area contributed by atoms with Gasteiger partial charge in [0.05, 0.1) is 0 Å². The van der Waals surface area contributed by atoms with Gasteiger partial charge in [0.25, 0.3) is 0 Å². The Bertz CT molecular complexity index is 135. The van der Waals surface area contributed by atoms with Crippen LogP contribution in [0, 0.1) is 18.3 Å². The van der Waals surface area contributed by atoms with Crippen molar-refractivity contribution in [2.24, 2.45) is 5.92 Å². The molecule has 0 bridgehead atoms. The Morgan fingerprint density at radius 2 is 2.00 bits per heavy atom. The van der Waals surface area contributed by atoms with Crippen molar-refractivity contribution in [2.75, 3.05) is 0 Å². The molecule has 0 radical (unpaired) electrons. The summed E-state index contributed by atoms with van der Waals surface area (Å²) in [7, 11) is 0. The maximum atomic E-state index is 4.60. The van der Waals surface area contributed by atoms with Gasteiger partial charge < -0.3 is 0 Å². The summed E-state index contributed by atoms with van der Waals surface area (Å²) < 4.78 is 0. The van der Waals surface area contributed by atoms with Crippen LogP contribution in [0.4, 0.5) is 0 Å². The van der Waals surface area contributed by atoms with Crippen molar-refractivity contribution in [1.29, 1.82) is 0 Å². The molecule has 0 aliphatic heterocycles. The highest BCUT2D eigenvalue weighted by Crippen LogP contribution is 2.11. The Balaban J connectivity index is 0. The van der Waals surface area contributed by atoms with E-state index in [4.69, 9.17) is 0 Å². The first-order valence-electron chi connectivity index (χ1n) is 4.14. The lowest BCUT2D eigenvalue weighted by Crippen LogP contribution is -1.91. The SMILES string of the molecule is C#CC.C/C=C(/C)[C@H](C)CC. The number of rotatable bonds is 2. The van der Waals surface area contributed by atoms with E-state index in [1.165, 1.54) is 12.0 Å². The summed E-state index contributed by atoms with van der Waals surface area (Å²) in [5.74, 6) is 3.03. The summed E-state index contributed by atoms with van der Waals surface area (Å²) in [4.78, 5) is 0. The fraction of sp³-hybridized carbons (Fsp3) is 0.636. The molecular formula is C11H20. The molecule has 0 heteroatoms. The van der Waals surface area contributed by atoms with E-state index < -0.39 is 0 Å². The van der Waals surface area contributed by atoms with E-state index in [0.717, 1.165) is 5.92 Å². The van der Waals surface area contributed by atoms with E-state index in [1.54, 1.807) is 6.92 Å². The van der Waals surface area contributed by atoms with E-state index >= 15 is 0 Å². The molecule has 0 fully saturated rings. The van der Waals surface area contributed by atoms with Crippen LogP contribution in [-0.4, -0.2) is 0 Å². The van der Waals surface area contributed by atoms with Crippen molar-refractivity contribution in [3.05, 3.63) is 11.6 Å². The first kappa shape index (κ1) is 12.9. The molecule has 0 nitrogen and oxygen atoms in total. The molecule has 64 valence electrons. The molecule has 11 heavy (non-hydrogen) atoms. The molecule has 0 aromatic carbocycles. The highest BCUT2D eigenvalue weighted by atomic mass is 14.0.